The Morgan fingerprint density at radius 3 is 2.86 bits per heavy atom. The van der Waals surface area contributed by atoms with Crippen molar-refractivity contribution in [1.29, 1.82) is 0 Å². The van der Waals surface area contributed by atoms with Crippen LogP contribution >= 0.6 is 11.8 Å². The first-order valence-electron chi connectivity index (χ1n) is 6.44. The third-order valence-electron chi connectivity index (χ3n) is 3.21. The van der Waals surface area contributed by atoms with E-state index in [0.29, 0.717) is 17.4 Å². The Kier molecular flexibility index (Phi) is 3.76. The fourth-order valence-corrected chi connectivity index (χ4v) is 2.88. The molecule has 0 saturated carbocycles. The van der Waals surface area contributed by atoms with Crippen LogP contribution in [0.25, 0.3) is 10.9 Å². The highest BCUT2D eigenvalue weighted by Crippen LogP contribution is 2.23. The Balaban J connectivity index is 1.83. The fraction of sp³-hybridized carbons (Fsp3) is 0.214. The molecular formula is C14H15N5OS. The van der Waals surface area contributed by atoms with Gasteiger partial charge in [-0.25, -0.2) is 15.0 Å². The van der Waals surface area contributed by atoms with Gasteiger partial charge in [0, 0.05) is 12.4 Å². The van der Waals surface area contributed by atoms with E-state index in [4.69, 9.17) is 10.8 Å². The number of imidazole rings is 1. The molecular weight excluding hydrogens is 286 g/mol. The molecule has 0 fully saturated rings. The zero-order chi connectivity index (χ0) is 14.8. The zero-order valence-corrected chi connectivity index (χ0v) is 12.3. The largest absolute Gasteiger partial charge is 0.390 e. The number of thioether (sulfide) groups is 1. The van der Waals surface area contributed by atoms with Gasteiger partial charge in [0.15, 0.2) is 5.16 Å². The molecule has 2 heterocycles. The normalized spacial score (nSPS) is 11.1. The second-order valence-corrected chi connectivity index (χ2v) is 5.52. The van der Waals surface area contributed by atoms with Crippen molar-refractivity contribution in [3.05, 3.63) is 42.0 Å². The highest BCUT2D eigenvalue weighted by Gasteiger charge is 2.09. The van der Waals surface area contributed by atoms with Gasteiger partial charge in [-0.3, -0.25) is 0 Å². The predicted octanol–water partition coefficient (Wildman–Crippen LogP) is 1.73. The number of aromatic nitrogens is 4. The lowest BCUT2D eigenvalue weighted by atomic mass is 10.2. The number of nitrogens with zero attached hydrogens (tertiary/aromatic N) is 4. The van der Waals surface area contributed by atoms with Gasteiger partial charge in [-0.2, -0.15) is 0 Å². The third-order valence-corrected chi connectivity index (χ3v) is 4.25. The van der Waals surface area contributed by atoms with Crippen molar-refractivity contribution in [2.45, 2.75) is 17.5 Å². The Morgan fingerprint density at radius 1 is 1.29 bits per heavy atom. The number of hydrogen-bond donors (Lipinski definition) is 2. The average molecular weight is 301 g/mol. The van der Waals surface area contributed by atoms with E-state index >= 15 is 0 Å². The summed E-state index contributed by atoms with van der Waals surface area (Å²) in [5, 5.41) is 10.8. The number of benzene rings is 1. The fourth-order valence-electron chi connectivity index (χ4n) is 2.05. The first-order chi connectivity index (χ1) is 10.2. The van der Waals surface area contributed by atoms with Crippen LogP contribution in [0.4, 0.5) is 5.82 Å². The number of fused-ring (bicyclic) bond motifs is 1. The van der Waals surface area contributed by atoms with Crippen LogP contribution < -0.4 is 5.73 Å². The van der Waals surface area contributed by atoms with E-state index in [0.717, 1.165) is 21.8 Å². The number of hydrogen-bond acceptors (Lipinski definition) is 6. The lowest BCUT2D eigenvalue weighted by Gasteiger charge is -2.06. The van der Waals surface area contributed by atoms with Crippen LogP contribution in [0.5, 0.6) is 0 Å². The first-order valence-corrected chi connectivity index (χ1v) is 7.43. The number of para-hydroxylation sites is 1. The summed E-state index contributed by atoms with van der Waals surface area (Å²) in [5.74, 6) is 1.74. The molecule has 21 heavy (non-hydrogen) atoms. The molecule has 0 amide bonds. The second-order valence-electron chi connectivity index (χ2n) is 4.58. The first kappa shape index (κ1) is 13.8. The molecule has 3 rings (SSSR count). The van der Waals surface area contributed by atoms with E-state index in [9.17, 15) is 0 Å². The number of rotatable bonds is 4. The molecule has 2 aromatic heterocycles. The van der Waals surface area contributed by atoms with Crippen molar-refractivity contribution in [2.24, 2.45) is 7.05 Å². The van der Waals surface area contributed by atoms with Gasteiger partial charge in [-0.05, 0) is 12.1 Å². The van der Waals surface area contributed by atoms with Crippen LogP contribution in [0, 0.1) is 0 Å². The summed E-state index contributed by atoms with van der Waals surface area (Å²) in [6.07, 6.45) is 1.66. The maximum Gasteiger partial charge on any atom is 0.168 e. The standard InChI is InChI=1S/C14H15N5OS/c1-19-9(7-20)6-16-14(19)21-8-12-17-11-5-3-2-4-10(11)13(15)18-12/h2-6,20H,7-8H2,1H3,(H2,15,17,18). The molecule has 3 aromatic rings. The molecule has 108 valence electrons. The van der Waals surface area contributed by atoms with E-state index < -0.39 is 0 Å². The minimum Gasteiger partial charge on any atom is -0.390 e. The maximum absolute atomic E-state index is 9.16. The van der Waals surface area contributed by atoms with Crippen molar-refractivity contribution in [2.75, 3.05) is 5.73 Å². The predicted molar refractivity (Wildman–Crippen MR) is 82.6 cm³/mol. The molecule has 0 radical (unpaired) electrons. The lowest BCUT2D eigenvalue weighted by Crippen LogP contribution is -2.01. The zero-order valence-electron chi connectivity index (χ0n) is 11.5. The number of aliphatic hydroxyl groups is 1. The Labute approximate surface area is 126 Å². The summed E-state index contributed by atoms with van der Waals surface area (Å²) in [6, 6.07) is 7.68. The van der Waals surface area contributed by atoms with Gasteiger partial charge in [0.2, 0.25) is 0 Å². The van der Waals surface area contributed by atoms with E-state index in [1.165, 1.54) is 11.8 Å². The highest BCUT2D eigenvalue weighted by atomic mass is 32.2. The quantitative estimate of drug-likeness (QED) is 0.713. The molecule has 0 spiro atoms. The Morgan fingerprint density at radius 2 is 2.10 bits per heavy atom. The number of nitrogen functional groups attached to an aromatic ring is 1. The second kappa shape index (κ2) is 5.71. The number of nitrogens with two attached hydrogens (primary N) is 1. The molecule has 0 aliphatic carbocycles. The summed E-state index contributed by atoms with van der Waals surface area (Å²) in [6.45, 7) is -0.0243. The minimum absolute atomic E-state index is 0.0243. The molecule has 7 heteroatoms. The third kappa shape index (κ3) is 2.70. The lowest BCUT2D eigenvalue weighted by molar-refractivity contribution is 0.271. The maximum atomic E-state index is 9.16. The number of aliphatic hydroxyl groups excluding tert-OH is 1. The Hall–Kier alpha value is -2.12. The van der Waals surface area contributed by atoms with E-state index in [1.54, 1.807) is 6.20 Å². The minimum atomic E-state index is -0.0243. The van der Waals surface area contributed by atoms with Gasteiger partial charge in [0.05, 0.1) is 29.8 Å². The summed E-state index contributed by atoms with van der Waals surface area (Å²) in [4.78, 5) is 13.1. The van der Waals surface area contributed by atoms with Gasteiger partial charge in [0.25, 0.3) is 0 Å². The van der Waals surface area contributed by atoms with Gasteiger partial charge in [-0.15, -0.1) is 0 Å². The van der Waals surface area contributed by atoms with Crippen LogP contribution in [-0.4, -0.2) is 24.6 Å². The van der Waals surface area contributed by atoms with Crippen LogP contribution in [0.2, 0.25) is 0 Å². The molecule has 6 nitrogen and oxygen atoms in total. The summed E-state index contributed by atoms with van der Waals surface area (Å²) in [7, 11) is 1.87. The average Bonchev–Trinajstić information content (AvgIpc) is 2.85. The van der Waals surface area contributed by atoms with Crippen molar-refractivity contribution < 1.29 is 5.11 Å². The van der Waals surface area contributed by atoms with Crippen molar-refractivity contribution in [3.8, 4) is 0 Å². The van der Waals surface area contributed by atoms with Gasteiger partial charge >= 0.3 is 0 Å². The molecule has 0 saturated heterocycles. The SMILES string of the molecule is Cn1c(CO)cnc1SCc1nc(N)c2ccccc2n1. The van der Waals surface area contributed by atoms with Crippen molar-refractivity contribution >= 4 is 28.5 Å². The monoisotopic (exact) mass is 301 g/mol. The molecule has 0 aliphatic rings. The summed E-state index contributed by atoms with van der Waals surface area (Å²) in [5.41, 5.74) is 7.59. The van der Waals surface area contributed by atoms with Crippen LogP contribution in [0.3, 0.4) is 0 Å². The smallest absolute Gasteiger partial charge is 0.168 e. The van der Waals surface area contributed by atoms with Crippen LogP contribution in [0.1, 0.15) is 11.5 Å². The van der Waals surface area contributed by atoms with Gasteiger partial charge in [-0.1, -0.05) is 23.9 Å². The summed E-state index contributed by atoms with van der Waals surface area (Å²) < 4.78 is 1.86. The van der Waals surface area contributed by atoms with E-state index in [2.05, 4.69) is 15.0 Å². The summed E-state index contributed by atoms with van der Waals surface area (Å²) >= 11 is 1.51. The molecule has 0 aliphatic heterocycles. The topological polar surface area (TPSA) is 89.8 Å². The molecule has 0 atom stereocenters. The molecule has 3 N–H and O–H groups in total. The van der Waals surface area contributed by atoms with Gasteiger partial charge < -0.3 is 15.4 Å². The van der Waals surface area contributed by atoms with E-state index in [1.807, 2.05) is 35.9 Å². The molecule has 0 bridgehead atoms. The van der Waals surface area contributed by atoms with Gasteiger partial charge in [0.1, 0.15) is 11.6 Å². The highest BCUT2D eigenvalue weighted by molar-refractivity contribution is 7.98. The number of anilines is 1. The van der Waals surface area contributed by atoms with E-state index in [-0.39, 0.29) is 6.61 Å². The van der Waals surface area contributed by atoms with Crippen molar-refractivity contribution in [1.82, 2.24) is 19.5 Å². The van der Waals surface area contributed by atoms with Crippen LogP contribution in [0.15, 0.2) is 35.6 Å². The van der Waals surface area contributed by atoms with Crippen molar-refractivity contribution in [3.63, 3.8) is 0 Å². The van der Waals surface area contributed by atoms with Crippen LogP contribution in [-0.2, 0) is 19.4 Å². The Bertz CT molecular complexity index is 786. The molecule has 0 unspecified atom stereocenters. The molecule has 1 aromatic carbocycles.